The van der Waals surface area contributed by atoms with Gasteiger partial charge < -0.3 is 15.4 Å². The number of thiazole rings is 1. The van der Waals surface area contributed by atoms with Crippen molar-refractivity contribution < 1.29 is 19.1 Å². The van der Waals surface area contributed by atoms with E-state index in [0.29, 0.717) is 17.1 Å². The summed E-state index contributed by atoms with van der Waals surface area (Å²) in [5, 5.41) is 5.53. The van der Waals surface area contributed by atoms with E-state index in [0.717, 1.165) is 26.9 Å². The number of nitrogens with one attached hydrogen (secondary N) is 2. The number of hydrogen-bond acceptors (Lipinski definition) is 7. The monoisotopic (exact) mass is 504 g/mol. The zero-order valence-corrected chi connectivity index (χ0v) is 21.0. The van der Waals surface area contributed by atoms with Crippen molar-refractivity contribution >= 4 is 45.5 Å². The Balaban J connectivity index is 1.76. The van der Waals surface area contributed by atoms with E-state index in [2.05, 4.69) is 15.6 Å². The van der Waals surface area contributed by atoms with Gasteiger partial charge in [-0.05, 0) is 63.1 Å². The highest BCUT2D eigenvalue weighted by Gasteiger charge is 2.27. The zero-order chi connectivity index (χ0) is 26.0. The second-order valence-electron chi connectivity index (χ2n) is 8.09. The molecular weight excluding hydrogens is 480 g/mol. The molecule has 0 spiro atoms. The number of carbonyl (C=O) groups excluding carboxylic acids is 3. The van der Waals surface area contributed by atoms with Crippen LogP contribution in [0.2, 0.25) is 0 Å². The smallest absolute Gasteiger partial charge is 0.338 e. The first-order valence-corrected chi connectivity index (χ1v) is 12.0. The molecule has 0 fully saturated rings. The lowest BCUT2D eigenvalue weighted by atomic mass is 10.1. The number of amides is 2. The fraction of sp³-hybridized carbons (Fsp3) is 0.192. The molecule has 0 unspecified atom stereocenters. The Morgan fingerprint density at radius 3 is 2.50 bits per heavy atom. The molecule has 9 nitrogen and oxygen atoms in total. The van der Waals surface area contributed by atoms with Gasteiger partial charge in [-0.3, -0.25) is 14.4 Å². The number of hydrogen-bond donors (Lipinski definition) is 2. The summed E-state index contributed by atoms with van der Waals surface area (Å²) in [6, 6.07) is 13.0. The maximum Gasteiger partial charge on any atom is 0.338 e. The van der Waals surface area contributed by atoms with E-state index in [9.17, 15) is 19.2 Å². The van der Waals surface area contributed by atoms with Crippen molar-refractivity contribution in [3.05, 3.63) is 91.8 Å². The van der Waals surface area contributed by atoms with Crippen LogP contribution < -0.4 is 16.2 Å². The Morgan fingerprint density at radius 1 is 1.00 bits per heavy atom. The number of nitrogens with zero attached hydrogens (tertiary/aromatic N) is 2. The first-order valence-electron chi connectivity index (χ1n) is 11.2. The minimum absolute atomic E-state index is 0.0325. The summed E-state index contributed by atoms with van der Waals surface area (Å²) in [7, 11) is 0. The lowest BCUT2D eigenvalue weighted by Crippen LogP contribution is -2.25. The van der Waals surface area contributed by atoms with Gasteiger partial charge in [0.05, 0.1) is 12.2 Å². The summed E-state index contributed by atoms with van der Waals surface area (Å²) in [6.45, 7) is 7.39. The van der Waals surface area contributed by atoms with Crippen LogP contribution >= 0.6 is 11.3 Å². The van der Waals surface area contributed by atoms with Gasteiger partial charge in [-0.15, -0.1) is 0 Å². The molecule has 4 rings (SSSR count). The molecule has 10 heteroatoms. The SMILES string of the molecule is CCOC(=O)c1cccc(NC(=O)c2c(C(=O)Nc3cccc(C)c3C)sc3nc(C)cc(=O)n23)c1. The molecule has 2 heterocycles. The van der Waals surface area contributed by atoms with Gasteiger partial charge in [0.1, 0.15) is 10.6 Å². The largest absolute Gasteiger partial charge is 0.462 e. The Kier molecular flexibility index (Phi) is 6.98. The summed E-state index contributed by atoms with van der Waals surface area (Å²) >= 11 is 0.948. The summed E-state index contributed by atoms with van der Waals surface area (Å²) in [5.41, 5.74) is 2.89. The normalized spacial score (nSPS) is 10.8. The van der Waals surface area contributed by atoms with Gasteiger partial charge in [0.15, 0.2) is 4.96 Å². The molecule has 0 saturated heterocycles. The van der Waals surface area contributed by atoms with Crippen molar-refractivity contribution in [2.45, 2.75) is 27.7 Å². The van der Waals surface area contributed by atoms with Crippen LogP contribution in [0.25, 0.3) is 4.96 Å². The highest BCUT2D eigenvalue weighted by Crippen LogP contribution is 2.26. The molecule has 2 aromatic heterocycles. The quantitative estimate of drug-likeness (QED) is 0.377. The number of anilines is 2. The van der Waals surface area contributed by atoms with E-state index in [4.69, 9.17) is 4.74 Å². The van der Waals surface area contributed by atoms with Crippen molar-refractivity contribution in [3.63, 3.8) is 0 Å². The second kappa shape index (κ2) is 10.1. The molecular formula is C26H24N4O5S. The van der Waals surface area contributed by atoms with Gasteiger partial charge in [0.2, 0.25) is 0 Å². The molecule has 0 saturated carbocycles. The molecule has 36 heavy (non-hydrogen) atoms. The van der Waals surface area contributed by atoms with Crippen molar-refractivity contribution in [1.82, 2.24) is 9.38 Å². The number of benzene rings is 2. The van der Waals surface area contributed by atoms with E-state index in [1.54, 1.807) is 38.1 Å². The van der Waals surface area contributed by atoms with Gasteiger partial charge in [0, 0.05) is 23.1 Å². The van der Waals surface area contributed by atoms with Crippen LogP contribution in [-0.4, -0.2) is 33.8 Å². The van der Waals surface area contributed by atoms with E-state index in [1.165, 1.54) is 12.1 Å². The number of rotatable bonds is 6. The maximum absolute atomic E-state index is 13.4. The molecule has 0 radical (unpaired) electrons. The predicted molar refractivity (Wildman–Crippen MR) is 138 cm³/mol. The number of carbonyl (C=O) groups is 3. The maximum atomic E-state index is 13.4. The molecule has 0 aliphatic rings. The fourth-order valence-electron chi connectivity index (χ4n) is 3.64. The van der Waals surface area contributed by atoms with E-state index in [1.807, 2.05) is 26.0 Å². The third kappa shape index (κ3) is 4.89. The highest BCUT2D eigenvalue weighted by atomic mass is 32.1. The van der Waals surface area contributed by atoms with Gasteiger partial charge >= 0.3 is 5.97 Å². The summed E-state index contributed by atoms with van der Waals surface area (Å²) < 4.78 is 6.14. The van der Waals surface area contributed by atoms with Crippen LogP contribution in [-0.2, 0) is 4.74 Å². The lowest BCUT2D eigenvalue weighted by Gasteiger charge is -2.11. The zero-order valence-electron chi connectivity index (χ0n) is 20.2. The molecule has 0 aliphatic carbocycles. The first kappa shape index (κ1) is 24.8. The number of aromatic nitrogens is 2. The molecule has 4 aromatic rings. The lowest BCUT2D eigenvalue weighted by molar-refractivity contribution is 0.0526. The van der Waals surface area contributed by atoms with Crippen LogP contribution in [0.1, 0.15) is 54.3 Å². The molecule has 0 bridgehead atoms. The van der Waals surface area contributed by atoms with Gasteiger partial charge in [-0.2, -0.15) is 0 Å². The standard InChI is InChI=1S/C26H24N4O5S/c1-5-35-25(34)17-9-7-10-18(13-17)28-23(32)21-22(36-26-27-15(3)12-20(31)30(21)26)24(33)29-19-11-6-8-14(2)16(19)4/h6-13H,5H2,1-4H3,(H,28,32)(H,29,33). The van der Waals surface area contributed by atoms with E-state index < -0.39 is 23.3 Å². The summed E-state index contributed by atoms with van der Waals surface area (Å²) in [5.74, 6) is -1.76. The average molecular weight is 505 g/mol. The third-order valence-corrected chi connectivity index (χ3v) is 6.59. The number of fused-ring (bicyclic) bond motifs is 1. The summed E-state index contributed by atoms with van der Waals surface area (Å²) in [4.78, 5) is 56.3. The van der Waals surface area contributed by atoms with Gasteiger partial charge in [-0.1, -0.05) is 29.5 Å². The van der Waals surface area contributed by atoms with Crippen LogP contribution in [0.4, 0.5) is 11.4 Å². The topological polar surface area (TPSA) is 119 Å². The number of esters is 1. The van der Waals surface area contributed by atoms with Crippen molar-refractivity contribution in [2.75, 3.05) is 17.2 Å². The first-order chi connectivity index (χ1) is 17.2. The van der Waals surface area contributed by atoms with Gasteiger partial charge in [-0.25, -0.2) is 14.2 Å². The van der Waals surface area contributed by atoms with Crippen molar-refractivity contribution in [2.24, 2.45) is 0 Å². The van der Waals surface area contributed by atoms with E-state index >= 15 is 0 Å². The number of ether oxygens (including phenoxy) is 1. The summed E-state index contributed by atoms with van der Waals surface area (Å²) in [6.07, 6.45) is 0. The van der Waals surface area contributed by atoms with Crippen LogP contribution in [0.5, 0.6) is 0 Å². The molecule has 2 amide bonds. The molecule has 0 aliphatic heterocycles. The number of aryl methyl sites for hydroxylation is 2. The predicted octanol–water partition coefficient (Wildman–Crippen LogP) is 4.36. The Morgan fingerprint density at radius 2 is 1.75 bits per heavy atom. The Labute approximate surface area is 210 Å². The Bertz CT molecular complexity index is 1570. The molecule has 184 valence electrons. The average Bonchev–Trinajstić information content (AvgIpc) is 3.22. The second-order valence-corrected chi connectivity index (χ2v) is 9.07. The minimum atomic E-state index is -0.693. The van der Waals surface area contributed by atoms with Crippen molar-refractivity contribution in [3.8, 4) is 0 Å². The minimum Gasteiger partial charge on any atom is -0.462 e. The Hall–Kier alpha value is -4.31. The van der Waals surface area contributed by atoms with Crippen LogP contribution in [0.15, 0.2) is 53.3 Å². The van der Waals surface area contributed by atoms with Crippen LogP contribution in [0.3, 0.4) is 0 Å². The molecule has 2 aromatic carbocycles. The molecule has 0 atom stereocenters. The van der Waals surface area contributed by atoms with Crippen LogP contribution in [0, 0.1) is 20.8 Å². The van der Waals surface area contributed by atoms with Gasteiger partial charge in [0.25, 0.3) is 17.4 Å². The van der Waals surface area contributed by atoms with E-state index in [-0.39, 0.29) is 27.7 Å². The molecule has 2 N–H and O–H groups in total. The third-order valence-electron chi connectivity index (χ3n) is 5.55. The highest BCUT2D eigenvalue weighted by molar-refractivity contribution is 7.19. The van der Waals surface area contributed by atoms with Crippen molar-refractivity contribution in [1.29, 1.82) is 0 Å². The fourth-order valence-corrected chi connectivity index (χ4v) is 4.71.